The SMILES string of the molecule is CCCC(C)NC(=O)CN(CC(N)=O)C1CCNCC1. The fraction of sp³-hybridized carbons (Fsp3) is 0.857. The average molecular weight is 284 g/mol. The molecule has 1 unspecified atom stereocenters. The summed E-state index contributed by atoms with van der Waals surface area (Å²) in [5, 5.41) is 6.26. The lowest BCUT2D eigenvalue weighted by Crippen LogP contribution is -2.50. The Bertz CT molecular complexity index is 316. The lowest BCUT2D eigenvalue weighted by molar-refractivity contribution is -0.125. The number of hydrogen-bond donors (Lipinski definition) is 3. The summed E-state index contributed by atoms with van der Waals surface area (Å²) in [5.74, 6) is -0.399. The standard InChI is InChI=1S/C14H28N4O2/c1-3-4-11(2)17-14(20)10-18(9-13(15)19)12-5-7-16-8-6-12/h11-12,16H,3-10H2,1-2H3,(H2,15,19)(H,17,20). The number of nitrogens with two attached hydrogens (primary N) is 1. The van der Waals surface area contributed by atoms with Gasteiger partial charge in [0, 0.05) is 12.1 Å². The molecule has 1 rings (SSSR count). The summed E-state index contributed by atoms with van der Waals surface area (Å²) in [6.45, 7) is 6.35. The molecular formula is C14H28N4O2. The number of carbonyl (C=O) groups excluding carboxylic acids is 2. The zero-order valence-corrected chi connectivity index (χ0v) is 12.7. The predicted octanol–water partition coefficient (Wildman–Crippen LogP) is -0.169. The topological polar surface area (TPSA) is 87.5 Å². The van der Waals surface area contributed by atoms with E-state index in [0.29, 0.717) is 0 Å². The molecular weight excluding hydrogens is 256 g/mol. The van der Waals surface area contributed by atoms with Crippen LogP contribution in [-0.2, 0) is 9.59 Å². The molecule has 0 spiro atoms. The second-order valence-electron chi connectivity index (χ2n) is 5.61. The molecule has 1 fully saturated rings. The highest BCUT2D eigenvalue weighted by atomic mass is 16.2. The maximum absolute atomic E-state index is 12.0. The van der Waals surface area contributed by atoms with Crippen LogP contribution in [-0.4, -0.2) is 55.0 Å². The smallest absolute Gasteiger partial charge is 0.234 e. The number of carbonyl (C=O) groups is 2. The first kappa shape index (κ1) is 16.9. The molecule has 1 aliphatic rings. The quantitative estimate of drug-likeness (QED) is 0.577. The normalized spacial score (nSPS) is 17.9. The molecule has 0 bridgehead atoms. The lowest BCUT2D eigenvalue weighted by Gasteiger charge is -2.33. The van der Waals surface area contributed by atoms with Crippen molar-refractivity contribution in [3.63, 3.8) is 0 Å². The summed E-state index contributed by atoms with van der Waals surface area (Å²) >= 11 is 0. The van der Waals surface area contributed by atoms with Gasteiger partial charge in [0.2, 0.25) is 11.8 Å². The Labute approximate surface area is 121 Å². The van der Waals surface area contributed by atoms with Crippen molar-refractivity contribution < 1.29 is 9.59 Å². The highest BCUT2D eigenvalue weighted by molar-refractivity contribution is 5.80. The van der Waals surface area contributed by atoms with E-state index in [0.717, 1.165) is 38.8 Å². The van der Waals surface area contributed by atoms with Crippen molar-refractivity contribution in [1.29, 1.82) is 0 Å². The fourth-order valence-electron chi connectivity index (χ4n) is 2.70. The molecule has 4 N–H and O–H groups in total. The van der Waals surface area contributed by atoms with Gasteiger partial charge in [0.05, 0.1) is 13.1 Å². The minimum absolute atomic E-state index is 0.0225. The van der Waals surface area contributed by atoms with Crippen molar-refractivity contribution in [3.8, 4) is 0 Å². The van der Waals surface area contributed by atoms with Gasteiger partial charge in [0.25, 0.3) is 0 Å². The number of nitrogens with zero attached hydrogens (tertiary/aromatic N) is 1. The second-order valence-corrected chi connectivity index (χ2v) is 5.61. The zero-order chi connectivity index (χ0) is 15.0. The minimum Gasteiger partial charge on any atom is -0.369 e. The molecule has 0 radical (unpaired) electrons. The Kier molecular flexibility index (Phi) is 7.54. The van der Waals surface area contributed by atoms with Gasteiger partial charge in [-0.3, -0.25) is 14.5 Å². The third-order valence-electron chi connectivity index (χ3n) is 3.66. The fourth-order valence-corrected chi connectivity index (χ4v) is 2.70. The van der Waals surface area contributed by atoms with Gasteiger partial charge in [-0.2, -0.15) is 0 Å². The van der Waals surface area contributed by atoms with E-state index in [2.05, 4.69) is 17.6 Å². The number of nitrogens with one attached hydrogen (secondary N) is 2. The summed E-state index contributed by atoms with van der Waals surface area (Å²) in [5.41, 5.74) is 5.30. The van der Waals surface area contributed by atoms with Crippen LogP contribution in [0.5, 0.6) is 0 Å². The van der Waals surface area contributed by atoms with Gasteiger partial charge in [-0.25, -0.2) is 0 Å². The van der Waals surface area contributed by atoms with Crippen molar-refractivity contribution in [1.82, 2.24) is 15.5 Å². The largest absolute Gasteiger partial charge is 0.369 e. The van der Waals surface area contributed by atoms with Gasteiger partial charge in [-0.15, -0.1) is 0 Å². The van der Waals surface area contributed by atoms with Gasteiger partial charge >= 0.3 is 0 Å². The zero-order valence-electron chi connectivity index (χ0n) is 12.7. The first-order valence-electron chi connectivity index (χ1n) is 7.55. The maximum Gasteiger partial charge on any atom is 0.234 e. The van der Waals surface area contributed by atoms with Crippen LogP contribution in [0.4, 0.5) is 0 Å². The van der Waals surface area contributed by atoms with Crippen LogP contribution in [0.2, 0.25) is 0 Å². The third kappa shape index (κ3) is 6.34. The van der Waals surface area contributed by atoms with E-state index in [1.807, 2.05) is 11.8 Å². The highest BCUT2D eigenvalue weighted by Crippen LogP contribution is 2.11. The first-order chi connectivity index (χ1) is 9.52. The van der Waals surface area contributed by atoms with Crippen LogP contribution < -0.4 is 16.4 Å². The molecule has 0 aromatic heterocycles. The molecule has 20 heavy (non-hydrogen) atoms. The van der Waals surface area contributed by atoms with Gasteiger partial charge in [-0.05, 0) is 39.3 Å². The highest BCUT2D eigenvalue weighted by Gasteiger charge is 2.24. The maximum atomic E-state index is 12.0. The van der Waals surface area contributed by atoms with Crippen molar-refractivity contribution in [3.05, 3.63) is 0 Å². The molecule has 0 aliphatic carbocycles. The van der Waals surface area contributed by atoms with E-state index >= 15 is 0 Å². The Morgan fingerprint density at radius 2 is 2.00 bits per heavy atom. The van der Waals surface area contributed by atoms with E-state index in [-0.39, 0.29) is 37.0 Å². The number of rotatable bonds is 8. The Morgan fingerprint density at radius 1 is 1.35 bits per heavy atom. The molecule has 0 saturated carbocycles. The average Bonchev–Trinajstić information content (AvgIpc) is 2.38. The summed E-state index contributed by atoms with van der Waals surface area (Å²) < 4.78 is 0. The molecule has 2 amide bonds. The molecule has 1 heterocycles. The molecule has 1 atom stereocenters. The summed E-state index contributed by atoms with van der Waals surface area (Å²) in [6.07, 6.45) is 3.91. The summed E-state index contributed by atoms with van der Waals surface area (Å²) in [7, 11) is 0. The van der Waals surface area contributed by atoms with Gasteiger partial charge in [-0.1, -0.05) is 13.3 Å². The third-order valence-corrected chi connectivity index (χ3v) is 3.66. The molecule has 6 nitrogen and oxygen atoms in total. The van der Waals surface area contributed by atoms with Crippen LogP contribution in [0.3, 0.4) is 0 Å². The second kappa shape index (κ2) is 8.92. The number of primary amides is 1. The first-order valence-corrected chi connectivity index (χ1v) is 7.55. The van der Waals surface area contributed by atoms with Crippen LogP contribution in [0.15, 0.2) is 0 Å². The Morgan fingerprint density at radius 3 is 2.55 bits per heavy atom. The van der Waals surface area contributed by atoms with Gasteiger partial charge in [0.1, 0.15) is 0 Å². The van der Waals surface area contributed by atoms with Crippen LogP contribution in [0.25, 0.3) is 0 Å². The van der Waals surface area contributed by atoms with Crippen LogP contribution in [0, 0.1) is 0 Å². The molecule has 1 saturated heterocycles. The minimum atomic E-state index is -0.377. The summed E-state index contributed by atoms with van der Waals surface area (Å²) in [6, 6.07) is 0.437. The van der Waals surface area contributed by atoms with Gasteiger partial charge in [0.15, 0.2) is 0 Å². The van der Waals surface area contributed by atoms with E-state index in [1.165, 1.54) is 0 Å². The predicted molar refractivity (Wildman–Crippen MR) is 79.2 cm³/mol. The van der Waals surface area contributed by atoms with E-state index in [1.54, 1.807) is 0 Å². The lowest BCUT2D eigenvalue weighted by atomic mass is 10.0. The van der Waals surface area contributed by atoms with E-state index < -0.39 is 0 Å². The summed E-state index contributed by atoms with van der Waals surface area (Å²) in [4.78, 5) is 25.1. The van der Waals surface area contributed by atoms with Crippen LogP contribution >= 0.6 is 0 Å². The van der Waals surface area contributed by atoms with Crippen molar-refractivity contribution in [2.24, 2.45) is 5.73 Å². The molecule has 0 aromatic carbocycles. The monoisotopic (exact) mass is 284 g/mol. The van der Waals surface area contributed by atoms with Crippen molar-refractivity contribution in [2.75, 3.05) is 26.2 Å². The molecule has 1 aliphatic heterocycles. The van der Waals surface area contributed by atoms with Crippen molar-refractivity contribution >= 4 is 11.8 Å². The number of piperidine rings is 1. The van der Waals surface area contributed by atoms with Crippen LogP contribution in [0.1, 0.15) is 39.5 Å². The molecule has 0 aromatic rings. The Hall–Kier alpha value is -1.14. The van der Waals surface area contributed by atoms with Crippen molar-refractivity contribution in [2.45, 2.75) is 51.6 Å². The van der Waals surface area contributed by atoms with E-state index in [4.69, 9.17) is 5.73 Å². The van der Waals surface area contributed by atoms with E-state index in [9.17, 15) is 9.59 Å². The number of hydrogen-bond acceptors (Lipinski definition) is 4. The molecule has 116 valence electrons. The van der Waals surface area contributed by atoms with Gasteiger partial charge < -0.3 is 16.4 Å². The number of amides is 2. The molecule has 6 heteroatoms. The Balaban J connectivity index is 2.50.